The number of carbonyl (C=O) groups is 1. The number of nitrogens with two attached hydrogens (primary N) is 1. The molecule has 0 aliphatic rings. The van der Waals surface area contributed by atoms with E-state index in [9.17, 15) is 18.0 Å². The first-order chi connectivity index (χ1) is 11.3. The lowest BCUT2D eigenvalue weighted by Crippen LogP contribution is -2.48. The fourth-order valence-electron chi connectivity index (χ4n) is 2.35. The highest BCUT2D eigenvalue weighted by Gasteiger charge is 2.42. The highest BCUT2D eigenvalue weighted by Crippen LogP contribution is 2.33. The lowest BCUT2D eigenvalue weighted by atomic mass is 10.0. The molecule has 128 valence electrons. The Labute approximate surface area is 142 Å². The van der Waals surface area contributed by atoms with Gasteiger partial charge in [0, 0.05) is 5.02 Å². The summed E-state index contributed by atoms with van der Waals surface area (Å²) in [4.78, 5) is 11.7. The summed E-state index contributed by atoms with van der Waals surface area (Å²) >= 11 is 6.01. The molecule has 0 bridgehead atoms. The fraction of sp³-hybridized carbons (Fsp3) is 0.235. The van der Waals surface area contributed by atoms with Crippen LogP contribution in [0.4, 0.5) is 13.2 Å². The molecule has 7 heteroatoms. The van der Waals surface area contributed by atoms with Crippen molar-refractivity contribution in [1.82, 2.24) is 5.32 Å². The molecule has 24 heavy (non-hydrogen) atoms. The number of hydrogen-bond donors (Lipinski definition) is 2. The molecule has 2 rings (SSSR count). The molecule has 2 aromatic rings. The van der Waals surface area contributed by atoms with E-state index < -0.39 is 24.2 Å². The van der Waals surface area contributed by atoms with Gasteiger partial charge in [-0.05, 0) is 23.6 Å². The molecule has 0 aliphatic heterocycles. The lowest BCUT2D eigenvalue weighted by Gasteiger charge is -2.26. The Morgan fingerprint density at radius 1 is 1.08 bits per heavy atom. The number of alkyl halides is 3. The largest absolute Gasteiger partial charge is 0.407 e. The third-order valence-electron chi connectivity index (χ3n) is 3.55. The first-order valence-corrected chi connectivity index (χ1v) is 7.57. The molecule has 3 nitrogen and oxygen atoms in total. The van der Waals surface area contributed by atoms with E-state index in [1.807, 2.05) is 0 Å². The summed E-state index contributed by atoms with van der Waals surface area (Å²) < 4.78 is 40.2. The Morgan fingerprint density at radius 3 is 2.21 bits per heavy atom. The summed E-state index contributed by atoms with van der Waals surface area (Å²) in [5, 5.41) is 2.70. The topological polar surface area (TPSA) is 55.1 Å². The molecule has 0 fully saturated rings. The summed E-state index contributed by atoms with van der Waals surface area (Å²) in [5.74, 6) is -0.875. The van der Waals surface area contributed by atoms with Crippen LogP contribution >= 0.6 is 11.6 Å². The van der Waals surface area contributed by atoms with Gasteiger partial charge in [0.05, 0.1) is 6.04 Å². The van der Waals surface area contributed by atoms with E-state index >= 15 is 0 Å². The van der Waals surface area contributed by atoms with Crippen molar-refractivity contribution in [2.24, 2.45) is 5.73 Å². The molecule has 0 spiro atoms. The van der Waals surface area contributed by atoms with Crippen molar-refractivity contribution in [2.45, 2.75) is 24.7 Å². The van der Waals surface area contributed by atoms with Crippen LogP contribution < -0.4 is 11.1 Å². The van der Waals surface area contributed by atoms with Crippen LogP contribution in [0.5, 0.6) is 0 Å². The predicted molar refractivity (Wildman–Crippen MR) is 86.5 cm³/mol. The molecular weight excluding hydrogens is 341 g/mol. The van der Waals surface area contributed by atoms with Gasteiger partial charge >= 0.3 is 6.18 Å². The van der Waals surface area contributed by atoms with E-state index in [1.54, 1.807) is 30.3 Å². The maximum atomic E-state index is 13.4. The first kappa shape index (κ1) is 18.3. The molecule has 0 saturated carbocycles. The van der Waals surface area contributed by atoms with Crippen LogP contribution in [0.25, 0.3) is 0 Å². The number of hydrogen-bond acceptors (Lipinski definition) is 2. The van der Waals surface area contributed by atoms with Gasteiger partial charge in [-0.15, -0.1) is 0 Å². The van der Waals surface area contributed by atoms with Crippen molar-refractivity contribution in [1.29, 1.82) is 0 Å². The zero-order valence-electron chi connectivity index (χ0n) is 12.6. The second-order valence-electron chi connectivity index (χ2n) is 5.30. The summed E-state index contributed by atoms with van der Waals surface area (Å²) in [7, 11) is 0. The molecule has 0 heterocycles. The van der Waals surface area contributed by atoms with Crippen LogP contribution in [0.2, 0.25) is 5.02 Å². The van der Waals surface area contributed by atoms with E-state index in [-0.39, 0.29) is 12.0 Å². The second kappa shape index (κ2) is 7.68. The zero-order valence-corrected chi connectivity index (χ0v) is 13.3. The number of nitrogens with one attached hydrogen (secondary N) is 1. The number of carbonyl (C=O) groups excluding carboxylic acids is 1. The Morgan fingerprint density at radius 2 is 1.67 bits per heavy atom. The summed E-state index contributed by atoms with van der Waals surface area (Å²) in [6.07, 6.45) is -4.61. The van der Waals surface area contributed by atoms with E-state index in [0.717, 1.165) is 0 Å². The van der Waals surface area contributed by atoms with Crippen LogP contribution in [0.15, 0.2) is 54.6 Å². The Bertz CT molecular complexity index is 692. The predicted octanol–water partition coefficient (Wildman–Crippen LogP) is 3.63. The summed E-state index contributed by atoms with van der Waals surface area (Å²) in [6.45, 7) is 0. The highest BCUT2D eigenvalue weighted by molar-refractivity contribution is 6.31. The quantitative estimate of drug-likeness (QED) is 0.830. The minimum absolute atomic E-state index is 0.00964. The molecule has 1 unspecified atom stereocenters. The minimum atomic E-state index is -4.57. The molecule has 0 aromatic heterocycles. The zero-order chi connectivity index (χ0) is 17.7. The van der Waals surface area contributed by atoms with Gasteiger partial charge in [0.2, 0.25) is 5.91 Å². The smallest absolute Gasteiger partial charge is 0.368 e. The van der Waals surface area contributed by atoms with Crippen LogP contribution in [0.3, 0.4) is 0 Å². The van der Waals surface area contributed by atoms with Crippen LogP contribution in [-0.4, -0.2) is 18.1 Å². The van der Waals surface area contributed by atoms with E-state index in [0.29, 0.717) is 10.6 Å². The maximum Gasteiger partial charge on any atom is 0.407 e. The van der Waals surface area contributed by atoms with Gasteiger partial charge in [0.25, 0.3) is 0 Å². The van der Waals surface area contributed by atoms with E-state index in [2.05, 4.69) is 5.32 Å². The fourth-order valence-corrected chi connectivity index (χ4v) is 2.56. The molecule has 0 aliphatic carbocycles. The summed E-state index contributed by atoms with van der Waals surface area (Å²) in [6, 6.07) is 10.7. The van der Waals surface area contributed by atoms with Crippen molar-refractivity contribution < 1.29 is 18.0 Å². The standard InChI is InChI=1S/C17H16ClF3N2O/c18-13-9-5-4-8-12(13)10-14(16(22)24)23-15(17(19,20)21)11-6-2-1-3-7-11/h1-9,14-15,23H,10H2,(H2,22,24)/t14-,15?/m0/s1. The van der Waals surface area contributed by atoms with Gasteiger partial charge < -0.3 is 5.73 Å². The van der Waals surface area contributed by atoms with Gasteiger partial charge in [-0.1, -0.05) is 60.1 Å². The number of benzene rings is 2. The van der Waals surface area contributed by atoms with E-state index in [4.69, 9.17) is 17.3 Å². The van der Waals surface area contributed by atoms with Crippen molar-refractivity contribution in [3.63, 3.8) is 0 Å². The maximum absolute atomic E-state index is 13.4. The van der Waals surface area contributed by atoms with Crippen molar-refractivity contribution >= 4 is 17.5 Å². The number of primary amides is 1. The monoisotopic (exact) mass is 356 g/mol. The van der Waals surface area contributed by atoms with Gasteiger partial charge in [0.1, 0.15) is 6.04 Å². The first-order valence-electron chi connectivity index (χ1n) is 7.19. The van der Waals surface area contributed by atoms with E-state index in [1.165, 1.54) is 24.3 Å². The SMILES string of the molecule is NC(=O)[C@H](Cc1ccccc1Cl)NC(c1ccccc1)C(F)(F)F. The number of amides is 1. The van der Waals surface area contributed by atoms with Crippen LogP contribution in [-0.2, 0) is 11.2 Å². The normalized spacial score (nSPS) is 14.2. The van der Waals surface area contributed by atoms with Crippen LogP contribution in [0.1, 0.15) is 17.2 Å². The molecule has 0 saturated heterocycles. The highest BCUT2D eigenvalue weighted by atomic mass is 35.5. The minimum Gasteiger partial charge on any atom is -0.368 e. The lowest BCUT2D eigenvalue weighted by molar-refractivity contribution is -0.160. The van der Waals surface area contributed by atoms with Crippen molar-refractivity contribution in [3.05, 3.63) is 70.7 Å². The van der Waals surface area contributed by atoms with Crippen LogP contribution in [0, 0.1) is 0 Å². The Kier molecular flexibility index (Phi) is 5.85. The molecule has 2 aromatic carbocycles. The van der Waals surface area contributed by atoms with Crippen molar-refractivity contribution in [2.75, 3.05) is 0 Å². The molecular formula is C17H16ClF3N2O. The molecule has 2 atom stereocenters. The Balaban J connectivity index is 2.27. The molecule has 3 N–H and O–H groups in total. The molecule has 1 amide bonds. The van der Waals surface area contributed by atoms with Gasteiger partial charge in [0.15, 0.2) is 0 Å². The third kappa shape index (κ3) is 4.72. The molecule has 0 radical (unpaired) electrons. The summed E-state index contributed by atoms with van der Waals surface area (Å²) in [5.41, 5.74) is 5.85. The number of halogens is 4. The Hall–Kier alpha value is -2.05. The third-order valence-corrected chi connectivity index (χ3v) is 3.92. The average Bonchev–Trinajstić information content (AvgIpc) is 2.52. The number of rotatable bonds is 6. The van der Waals surface area contributed by atoms with Gasteiger partial charge in [-0.3, -0.25) is 10.1 Å². The van der Waals surface area contributed by atoms with Gasteiger partial charge in [-0.25, -0.2) is 0 Å². The van der Waals surface area contributed by atoms with Crippen molar-refractivity contribution in [3.8, 4) is 0 Å². The average molecular weight is 357 g/mol. The second-order valence-corrected chi connectivity index (χ2v) is 5.71. The van der Waals surface area contributed by atoms with Gasteiger partial charge in [-0.2, -0.15) is 13.2 Å².